The quantitative estimate of drug-likeness (QED) is 0.554. The van der Waals surface area contributed by atoms with Crippen molar-refractivity contribution in [1.82, 2.24) is 5.32 Å². The maximum atomic E-state index is 12.3. The number of nitrogens with one attached hydrogen (secondary N) is 1. The van der Waals surface area contributed by atoms with Crippen LogP contribution in [0.25, 0.3) is 0 Å². The number of amides is 1. The van der Waals surface area contributed by atoms with Crippen molar-refractivity contribution in [3.8, 4) is 5.75 Å². The minimum absolute atomic E-state index is 0.270. The van der Waals surface area contributed by atoms with Gasteiger partial charge in [-0.05, 0) is 30.7 Å². The molecule has 1 amide bonds. The van der Waals surface area contributed by atoms with Crippen molar-refractivity contribution in [2.75, 3.05) is 36.5 Å². The predicted octanol–water partition coefficient (Wildman–Crippen LogP) is 3.47. The molecule has 29 heavy (non-hydrogen) atoms. The van der Waals surface area contributed by atoms with Gasteiger partial charge in [0.25, 0.3) is 0 Å². The van der Waals surface area contributed by atoms with Crippen LogP contribution < -0.4 is 14.4 Å². The molecule has 2 aromatic rings. The van der Waals surface area contributed by atoms with Crippen molar-refractivity contribution in [3.05, 3.63) is 58.6 Å². The van der Waals surface area contributed by atoms with Gasteiger partial charge in [-0.2, -0.15) is 11.8 Å². The minimum Gasteiger partial charge on any atom is -0.495 e. The molecule has 0 spiro atoms. The number of carbonyl (C=O) groups is 1. The van der Waals surface area contributed by atoms with Crippen molar-refractivity contribution in [2.45, 2.75) is 12.7 Å². The molecule has 0 aliphatic heterocycles. The van der Waals surface area contributed by atoms with Crippen molar-refractivity contribution in [2.24, 2.45) is 0 Å². The Kier molecular flexibility index (Phi) is 8.67. The average Bonchev–Trinajstić information content (AvgIpc) is 2.65. The normalized spacial score (nSPS) is 11.2. The van der Waals surface area contributed by atoms with E-state index in [4.69, 9.17) is 16.3 Å². The number of nitrogens with zero attached hydrogens (tertiary/aromatic N) is 1. The Hall–Kier alpha value is -1.90. The zero-order valence-electron chi connectivity index (χ0n) is 16.6. The van der Waals surface area contributed by atoms with Crippen LogP contribution in [-0.2, 0) is 20.6 Å². The lowest BCUT2D eigenvalue weighted by Crippen LogP contribution is -2.41. The molecule has 1 N–H and O–H groups in total. The SMILES string of the molecule is COc1ccc(N(CC(=O)NCCSCc2cccc(C)c2)S(C)(=O)=O)cc1Cl. The maximum Gasteiger partial charge on any atom is 0.240 e. The van der Waals surface area contributed by atoms with E-state index in [0.29, 0.717) is 18.0 Å². The number of carbonyl (C=O) groups excluding carboxylic acids is 1. The van der Waals surface area contributed by atoms with Crippen LogP contribution in [0.4, 0.5) is 5.69 Å². The highest BCUT2D eigenvalue weighted by Crippen LogP contribution is 2.30. The van der Waals surface area contributed by atoms with Gasteiger partial charge < -0.3 is 10.1 Å². The zero-order valence-corrected chi connectivity index (χ0v) is 19.0. The lowest BCUT2D eigenvalue weighted by atomic mass is 10.2. The second kappa shape index (κ2) is 10.8. The molecule has 158 valence electrons. The topological polar surface area (TPSA) is 75.7 Å². The smallest absolute Gasteiger partial charge is 0.240 e. The number of ether oxygens (including phenoxy) is 1. The minimum atomic E-state index is -3.66. The molecule has 0 aliphatic carbocycles. The maximum absolute atomic E-state index is 12.3. The Labute approximate surface area is 181 Å². The molecule has 2 aromatic carbocycles. The fourth-order valence-electron chi connectivity index (χ4n) is 2.65. The van der Waals surface area contributed by atoms with Gasteiger partial charge in [0, 0.05) is 18.1 Å². The Balaban J connectivity index is 1.88. The molecule has 6 nitrogen and oxygen atoms in total. The van der Waals surface area contributed by atoms with Crippen LogP contribution in [0.3, 0.4) is 0 Å². The van der Waals surface area contributed by atoms with Crippen LogP contribution >= 0.6 is 23.4 Å². The standard InChI is InChI=1S/C20H25ClN2O4S2/c1-15-5-4-6-16(11-15)14-28-10-9-22-20(24)13-23(29(3,25)26)17-7-8-19(27-2)18(21)12-17/h4-8,11-12H,9-10,13-14H2,1-3H3,(H,22,24). The van der Waals surface area contributed by atoms with Crippen molar-refractivity contribution in [1.29, 1.82) is 0 Å². The second-order valence-corrected chi connectivity index (χ2v) is 9.90. The highest BCUT2D eigenvalue weighted by Gasteiger charge is 2.21. The van der Waals surface area contributed by atoms with E-state index in [1.165, 1.54) is 24.3 Å². The molecule has 0 bridgehead atoms. The number of methoxy groups -OCH3 is 1. The average molecular weight is 457 g/mol. The Morgan fingerprint density at radius 2 is 2.00 bits per heavy atom. The van der Waals surface area contributed by atoms with Crippen LogP contribution in [0.1, 0.15) is 11.1 Å². The van der Waals surface area contributed by atoms with E-state index < -0.39 is 10.0 Å². The number of halogens is 1. The predicted molar refractivity (Wildman–Crippen MR) is 121 cm³/mol. The van der Waals surface area contributed by atoms with Gasteiger partial charge in [-0.15, -0.1) is 0 Å². The highest BCUT2D eigenvalue weighted by molar-refractivity contribution is 7.98. The molecular weight excluding hydrogens is 432 g/mol. The van der Waals surface area contributed by atoms with Gasteiger partial charge in [-0.25, -0.2) is 8.42 Å². The van der Waals surface area contributed by atoms with Crippen LogP contribution in [0.5, 0.6) is 5.75 Å². The second-order valence-electron chi connectivity index (χ2n) is 6.48. The monoisotopic (exact) mass is 456 g/mol. The van der Waals surface area contributed by atoms with E-state index in [-0.39, 0.29) is 17.5 Å². The lowest BCUT2D eigenvalue weighted by Gasteiger charge is -2.22. The summed E-state index contributed by atoms with van der Waals surface area (Å²) < 4.78 is 30.4. The zero-order chi connectivity index (χ0) is 21.4. The first-order valence-corrected chi connectivity index (χ1v) is 12.3. The van der Waals surface area contributed by atoms with Crippen LogP contribution in [0.2, 0.25) is 5.02 Å². The number of aryl methyl sites for hydroxylation is 1. The summed E-state index contributed by atoms with van der Waals surface area (Å²) in [6.07, 6.45) is 1.05. The molecule has 0 atom stereocenters. The largest absolute Gasteiger partial charge is 0.495 e. The number of benzene rings is 2. The van der Waals surface area contributed by atoms with E-state index >= 15 is 0 Å². The first-order valence-electron chi connectivity index (χ1n) is 8.92. The van der Waals surface area contributed by atoms with E-state index in [0.717, 1.165) is 22.1 Å². The number of rotatable bonds is 10. The van der Waals surface area contributed by atoms with E-state index in [1.54, 1.807) is 23.9 Å². The summed E-state index contributed by atoms with van der Waals surface area (Å²) in [5.74, 6) is 1.64. The van der Waals surface area contributed by atoms with Gasteiger partial charge in [0.1, 0.15) is 12.3 Å². The summed E-state index contributed by atoms with van der Waals surface area (Å²) in [5.41, 5.74) is 2.76. The van der Waals surface area contributed by atoms with Crippen LogP contribution in [0, 0.1) is 6.92 Å². The van der Waals surface area contributed by atoms with Gasteiger partial charge in [0.05, 0.1) is 24.1 Å². The molecule has 2 rings (SSSR count). The van der Waals surface area contributed by atoms with Gasteiger partial charge in [0.15, 0.2) is 0 Å². The third kappa shape index (κ3) is 7.45. The van der Waals surface area contributed by atoms with Gasteiger partial charge in [-0.1, -0.05) is 41.4 Å². The molecular formula is C20H25ClN2O4S2. The molecule has 0 aromatic heterocycles. The van der Waals surface area contributed by atoms with Gasteiger partial charge in [0.2, 0.25) is 15.9 Å². The molecule has 0 saturated carbocycles. The summed E-state index contributed by atoms with van der Waals surface area (Å²) in [6, 6.07) is 12.9. The summed E-state index contributed by atoms with van der Waals surface area (Å²) in [4.78, 5) is 12.3. The Morgan fingerprint density at radius 3 is 2.62 bits per heavy atom. The first-order chi connectivity index (χ1) is 13.7. The number of sulfonamides is 1. The number of anilines is 1. The number of hydrogen-bond donors (Lipinski definition) is 1. The van der Waals surface area contributed by atoms with E-state index in [9.17, 15) is 13.2 Å². The number of thioether (sulfide) groups is 1. The van der Waals surface area contributed by atoms with Gasteiger partial charge in [-0.3, -0.25) is 9.10 Å². The first kappa shape index (κ1) is 23.4. The van der Waals surface area contributed by atoms with Crippen molar-refractivity contribution < 1.29 is 17.9 Å². The summed E-state index contributed by atoms with van der Waals surface area (Å²) >= 11 is 7.80. The molecule has 9 heteroatoms. The molecule has 0 heterocycles. The summed E-state index contributed by atoms with van der Waals surface area (Å²) in [6.45, 7) is 2.19. The van der Waals surface area contributed by atoms with Gasteiger partial charge >= 0.3 is 0 Å². The summed E-state index contributed by atoms with van der Waals surface area (Å²) in [5, 5.41) is 3.04. The Morgan fingerprint density at radius 1 is 1.24 bits per heavy atom. The van der Waals surface area contributed by atoms with Crippen molar-refractivity contribution >= 4 is 45.0 Å². The van der Waals surface area contributed by atoms with Crippen LogP contribution in [0.15, 0.2) is 42.5 Å². The fraction of sp³-hybridized carbons (Fsp3) is 0.350. The molecule has 0 unspecified atom stereocenters. The Bertz CT molecular complexity index is 951. The number of hydrogen-bond acceptors (Lipinski definition) is 5. The highest BCUT2D eigenvalue weighted by atomic mass is 35.5. The molecule has 0 fully saturated rings. The third-order valence-electron chi connectivity index (χ3n) is 4.03. The van der Waals surface area contributed by atoms with Crippen LogP contribution in [-0.4, -0.2) is 46.5 Å². The molecule has 0 saturated heterocycles. The molecule has 0 aliphatic rings. The fourth-order valence-corrected chi connectivity index (χ4v) is 4.56. The lowest BCUT2D eigenvalue weighted by molar-refractivity contribution is -0.119. The third-order valence-corrected chi connectivity index (χ3v) is 6.50. The van der Waals surface area contributed by atoms with E-state index in [2.05, 4.69) is 30.4 Å². The van der Waals surface area contributed by atoms with E-state index in [1.807, 2.05) is 6.07 Å². The summed E-state index contributed by atoms with van der Waals surface area (Å²) in [7, 11) is -2.19. The molecule has 0 radical (unpaired) electrons. The van der Waals surface area contributed by atoms with Crippen molar-refractivity contribution in [3.63, 3.8) is 0 Å².